The van der Waals surface area contributed by atoms with Crippen molar-refractivity contribution in [1.29, 1.82) is 10.8 Å². The minimum absolute atomic E-state index is 0.628. The van der Waals surface area contributed by atoms with Crippen LogP contribution < -0.4 is 5.32 Å². The number of aliphatic imine (C=N–C) groups is 1. The summed E-state index contributed by atoms with van der Waals surface area (Å²) in [5.74, 6) is 1.56. The zero-order valence-corrected chi connectivity index (χ0v) is 15.1. The van der Waals surface area contributed by atoms with Gasteiger partial charge in [0.2, 0.25) is 0 Å². The number of H-pyrrole nitrogens is 1. The highest BCUT2D eigenvalue weighted by Crippen LogP contribution is 2.19. The number of rotatable bonds is 8. The molecule has 136 valence electrons. The van der Waals surface area contributed by atoms with Crippen molar-refractivity contribution in [2.24, 2.45) is 4.99 Å². The van der Waals surface area contributed by atoms with Gasteiger partial charge in [0.1, 0.15) is 17.9 Å². The van der Waals surface area contributed by atoms with Crippen LogP contribution in [0.2, 0.25) is 0 Å². The molecule has 0 aromatic carbocycles. The predicted molar refractivity (Wildman–Crippen MR) is 99.9 cm³/mol. The Kier molecular flexibility index (Phi) is 6.88. The van der Waals surface area contributed by atoms with E-state index in [1.807, 2.05) is 14.0 Å². The molecule has 0 fully saturated rings. The number of aromatic amines is 1. The molecule has 1 aromatic rings. The summed E-state index contributed by atoms with van der Waals surface area (Å²) in [6, 6.07) is 0. The summed E-state index contributed by atoms with van der Waals surface area (Å²) in [6.07, 6.45) is 4.92. The largest absolute Gasteiger partial charge is 0.390 e. The third kappa shape index (κ3) is 4.54. The number of nitrogens with one attached hydrogen (secondary N) is 4. The summed E-state index contributed by atoms with van der Waals surface area (Å²) < 4.78 is 5.14. The molecule has 0 saturated heterocycles. The summed E-state index contributed by atoms with van der Waals surface area (Å²) in [4.78, 5) is 14.3. The van der Waals surface area contributed by atoms with Crippen molar-refractivity contribution in [2.45, 2.75) is 26.2 Å². The predicted octanol–water partition coefficient (Wildman–Crippen LogP) is 1.48. The number of methoxy groups -OCH3 is 1. The van der Waals surface area contributed by atoms with Crippen LogP contribution in [0.3, 0.4) is 0 Å². The first-order valence-corrected chi connectivity index (χ1v) is 8.41. The number of ether oxygens (including phenoxy) is 1. The zero-order valence-electron chi connectivity index (χ0n) is 15.1. The molecule has 0 aliphatic carbocycles. The van der Waals surface area contributed by atoms with Crippen LogP contribution in [0, 0.1) is 17.7 Å². The van der Waals surface area contributed by atoms with E-state index in [1.165, 1.54) is 6.21 Å². The number of aromatic nitrogens is 2. The molecular weight excluding hydrogens is 318 g/mol. The molecule has 2 rings (SSSR count). The number of nitrogens with zero attached hydrogens (tertiary/aromatic N) is 3. The highest BCUT2D eigenvalue weighted by molar-refractivity contribution is 6.02. The van der Waals surface area contributed by atoms with E-state index in [1.54, 1.807) is 7.11 Å². The smallest absolute Gasteiger partial charge is 0.156 e. The Morgan fingerprint density at radius 3 is 2.92 bits per heavy atom. The first kappa shape index (κ1) is 18.9. The third-order valence-corrected chi connectivity index (χ3v) is 4.23. The lowest BCUT2D eigenvalue weighted by Crippen LogP contribution is -2.41. The fourth-order valence-corrected chi connectivity index (χ4v) is 3.01. The average molecular weight is 345 g/mol. The fraction of sp³-hybridized carbons (Fsp3) is 0.529. The van der Waals surface area contributed by atoms with Crippen LogP contribution >= 0.6 is 0 Å². The van der Waals surface area contributed by atoms with Gasteiger partial charge < -0.3 is 25.3 Å². The van der Waals surface area contributed by atoms with E-state index in [0.717, 1.165) is 66.5 Å². The molecule has 0 saturated carbocycles. The maximum atomic E-state index is 7.55. The number of imidazole rings is 1. The Labute approximate surface area is 148 Å². The number of hydrogen-bond donors (Lipinski definition) is 4. The van der Waals surface area contributed by atoms with Gasteiger partial charge in [-0.05, 0) is 31.8 Å². The van der Waals surface area contributed by atoms with Crippen molar-refractivity contribution in [3.05, 3.63) is 28.5 Å². The third-order valence-electron chi connectivity index (χ3n) is 4.23. The number of hydrogen-bond acceptors (Lipinski definition) is 5. The molecule has 0 bridgehead atoms. The van der Waals surface area contributed by atoms with Gasteiger partial charge in [-0.1, -0.05) is 0 Å². The van der Waals surface area contributed by atoms with Crippen molar-refractivity contribution in [3.8, 4) is 0 Å². The Bertz CT molecular complexity index is 675. The monoisotopic (exact) mass is 345 g/mol. The topological polar surface area (TPSA) is 113 Å². The molecular formula is C17H27N7O. The van der Waals surface area contributed by atoms with Gasteiger partial charge in [0.15, 0.2) is 5.84 Å². The number of likely N-dealkylation sites (N-methyl/N-ethyl adjacent to an activating group) is 1. The van der Waals surface area contributed by atoms with Crippen molar-refractivity contribution >= 4 is 18.4 Å². The van der Waals surface area contributed by atoms with E-state index >= 15 is 0 Å². The molecule has 1 aliphatic rings. The summed E-state index contributed by atoms with van der Waals surface area (Å²) >= 11 is 0. The molecule has 0 radical (unpaired) electrons. The molecule has 25 heavy (non-hydrogen) atoms. The summed E-state index contributed by atoms with van der Waals surface area (Å²) in [5.41, 5.74) is 3.83. The second-order valence-corrected chi connectivity index (χ2v) is 5.89. The maximum Gasteiger partial charge on any atom is 0.156 e. The van der Waals surface area contributed by atoms with Crippen LogP contribution in [0.5, 0.6) is 0 Å². The Hall–Kier alpha value is -2.48. The van der Waals surface area contributed by atoms with Crippen LogP contribution in [-0.4, -0.2) is 67.1 Å². The van der Waals surface area contributed by atoms with E-state index in [4.69, 9.17) is 15.6 Å². The number of aryl methyl sites for hydroxylation is 2. The van der Waals surface area contributed by atoms with Crippen LogP contribution in [0.25, 0.3) is 0 Å². The van der Waals surface area contributed by atoms with Gasteiger partial charge in [0, 0.05) is 39.2 Å². The van der Waals surface area contributed by atoms with Gasteiger partial charge in [-0.2, -0.15) is 0 Å². The Morgan fingerprint density at radius 2 is 2.28 bits per heavy atom. The average Bonchev–Trinajstić information content (AvgIpc) is 2.99. The SMILES string of the molecule is CNC1=C(C=N)CCN(/C(=N/C=N)c2[nH]c(C)nc2CCCOC)C1. The van der Waals surface area contributed by atoms with Crippen molar-refractivity contribution in [3.63, 3.8) is 0 Å². The first-order valence-electron chi connectivity index (χ1n) is 8.41. The quantitative estimate of drug-likeness (QED) is 0.325. The van der Waals surface area contributed by atoms with Crippen LogP contribution in [0.4, 0.5) is 0 Å². The van der Waals surface area contributed by atoms with Crippen molar-refractivity contribution < 1.29 is 4.74 Å². The first-order chi connectivity index (χ1) is 12.1. The molecule has 4 N–H and O–H groups in total. The lowest BCUT2D eigenvalue weighted by atomic mass is 10.0. The highest BCUT2D eigenvalue weighted by atomic mass is 16.5. The van der Waals surface area contributed by atoms with E-state index in [9.17, 15) is 0 Å². The highest BCUT2D eigenvalue weighted by Gasteiger charge is 2.24. The van der Waals surface area contributed by atoms with E-state index < -0.39 is 0 Å². The van der Waals surface area contributed by atoms with Gasteiger partial charge in [-0.25, -0.2) is 9.98 Å². The molecule has 2 heterocycles. The Morgan fingerprint density at radius 1 is 1.48 bits per heavy atom. The van der Waals surface area contributed by atoms with E-state index in [-0.39, 0.29) is 0 Å². The standard InChI is InChI=1S/C17H27N7O/c1-12-22-14(5-4-8-25-3)16(23-12)17(21-11-19)24-7-6-13(9-18)15(10-24)20-2/h9,11,18-20H,4-8,10H2,1-3H3,(H,22,23)/b18-9?,19-11?,21-17+. The second-order valence-electron chi connectivity index (χ2n) is 5.89. The number of amidine groups is 1. The van der Waals surface area contributed by atoms with Gasteiger partial charge in [0.25, 0.3) is 0 Å². The van der Waals surface area contributed by atoms with Gasteiger partial charge in [0.05, 0.1) is 12.2 Å². The second kappa shape index (κ2) is 9.12. The van der Waals surface area contributed by atoms with Crippen molar-refractivity contribution in [2.75, 3.05) is 33.9 Å². The summed E-state index contributed by atoms with van der Waals surface area (Å²) in [7, 11) is 3.56. The van der Waals surface area contributed by atoms with E-state index in [2.05, 4.69) is 25.2 Å². The lowest BCUT2D eigenvalue weighted by Gasteiger charge is -2.32. The van der Waals surface area contributed by atoms with Crippen molar-refractivity contribution in [1.82, 2.24) is 20.2 Å². The van der Waals surface area contributed by atoms with Crippen LogP contribution in [-0.2, 0) is 11.2 Å². The fourth-order valence-electron chi connectivity index (χ4n) is 3.01. The molecule has 0 unspecified atom stereocenters. The maximum absolute atomic E-state index is 7.55. The van der Waals surface area contributed by atoms with Crippen LogP contribution in [0.1, 0.15) is 30.1 Å². The molecule has 0 amide bonds. The lowest BCUT2D eigenvalue weighted by molar-refractivity contribution is 0.195. The molecule has 0 spiro atoms. The molecule has 1 aromatic heterocycles. The molecule has 8 heteroatoms. The van der Waals surface area contributed by atoms with Gasteiger partial charge >= 0.3 is 0 Å². The summed E-state index contributed by atoms with van der Waals surface area (Å²) in [6.45, 7) is 3.98. The van der Waals surface area contributed by atoms with E-state index in [0.29, 0.717) is 13.2 Å². The summed E-state index contributed by atoms with van der Waals surface area (Å²) in [5, 5.41) is 18.2. The molecule has 0 atom stereocenters. The zero-order chi connectivity index (χ0) is 18.2. The normalized spacial score (nSPS) is 15.5. The van der Waals surface area contributed by atoms with Gasteiger partial charge in [-0.3, -0.25) is 5.41 Å². The Balaban J connectivity index is 2.31. The molecule has 8 nitrogen and oxygen atoms in total. The van der Waals surface area contributed by atoms with Gasteiger partial charge in [-0.15, -0.1) is 0 Å². The van der Waals surface area contributed by atoms with Crippen LogP contribution in [0.15, 0.2) is 16.3 Å². The molecule has 1 aliphatic heterocycles. The minimum Gasteiger partial charge on any atom is -0.390 e. The minimum atomic E-state index is 0.628.